The minimum atomic E-state index is 0.494. The molecule has 1 aromatic heterocycles. The Morgan fingerprint density at radius 3 is 2.83 bits per heavy atom. The minimum Gasteiger partial charge on any atom is -0.476 e. The Labute approximate surface area is 108 Å². The molecule has 0 radical (unpaired) electrons. The molecule has 2 rings (SSSR count). The number of piperidine rings is 1. The molecule has 1 aliphatic heterocycles. The van der Waals surface area contributed by atoms with Crippen LogP contribution in [0.5, 0.6) is 5.88 Å². The molecule has 0 bridgehead atoms. The van der Waals surface area contributed by atoms with E-state index in [1.165, 1.54) is 12.7 Å². The van der Waals surface area contributed by atoms with E-state index in [1.807, 2.05) is 6.92 Å². The molecule has 100 valence electrons. The highest BCUT2D eigenvalue weighted by molar-refractivity contribution is 5.67. The second-order valence-electron chi connectivity index (χ2n) is 5.04. The summed E-state index contributed by atoms with van der Waals surface area (Å²) >= 11 is 0. The van der Waals surface area contributed by atoms with Crippen molar-refractivity contribution in [3.05, 3.63) is 6.33 Å². The lowest BCUT2D eigenvalue weighted by Crippen LogP contribution is -2.39. The van der Waals surface area contributed by atoms with Gasteiger partial charge in [-0.1, -0.05) is 13.8 Å². The van der Waals surface area contributed by atoms with Gasteiger partial charge in [-0.05, 0) is 25.2 Å². The Balaban J connectivity index is 2.20. The number of aromatic nitrogens is 2. The predicted molar refractivity (Wildman–Crippen MR) is 72.8 cm³/mol. The fraction of sp³-hybridized carbons (Fsp3) is 0.692. The van der Waals surface area contributed by atoms with E-state index in [9.17, 15) is 0 Å². The molecule has 2 N–H and O–H groups in total. The van der Waals surface area contributed by atoms with Crippen LogP contribution in [0.1, 0.15) is 27.2 Å². The number of hydrogen-bond donors (Lipinski definition) is 1. The summed E-state index contributed by atoms with van der Waals surface area (Å²) in [5, 5.41) is 0. The van der Waals surface area contributed by atoms with Crippen molar-refractivity contribution < 1.29 is 4.74 Å². The van der Waals surface area contributed by atoms with E-state index in [4.69, 9.17) is 10.5 Å². The van der Waals surface area contributed by atoms with Gasteiger partial charge in [-0.15, -0.1) is 0 Å². The molecule has 1 fully saturated rings. The molecule has 18 heavy (non-hydrogen) atoms. The van der Waals surface area contributed by atoms with E-state index in [0.29, 0.717) is 24.1 Å². The summed E-state index contributed by atoms with van der Waals surface area (Å²) in [5.74, 6) is 2.72. The summed E-state index contributed by atoms with van der Waals surface area (Å²) in [7, 11) is 0. The van der Waals surface area contributed by atoms with Crippen LogP contribution in [0.3, 0.4) is 0 Å². The third-order valence-electron chi connectivity index (χ3n) is 3.74. The first-order valence-electron chi connectivity index (χ1n) is 6.61. The summed E-state index contributed by atoms with van der Waals surface area (Å²) in [6.45, 7) is 9.06. The van der Waals surface area contributed by atoms with Crippen molar-refractivity contribution in [2.45, 2.75) is 27.2 Å². The van der Waals surface area contributed by atoms with Crippen molar-refractivity contribution >= 4 is 11.5 Å². The topological polar surface area (TPSA) is 64.3 Å². The van der Waals surface area contributed by atoms with Crippen LogP contribution in [0, 0.1) is 11.8 Å². The molecule has 5 nitrogen and oxygen atoms in total. The predicted octanol–water partition coefficient (Wildman–Crippen LogP) is 1.94. The standard InChI is InChI=1S/C13H22N4O/c1-4-18-13-11(14)12(15-8-16-13)17-6-5-9(2)10(3)7-17/h8-10H,4-7,14H2,1-3H3. The van der Waals surface area contributed by atoms with Crippen LogP contribution in [0.4, 0.5) is 11.5 Å². The molecule has 0 aliphatic carbocycles. The monoisotopic (exact) mass is 250 g/mol. The van der Waals surface area contributed by atoms with Crippen molar-refractivity contribution in [1.82, 2.24) is 9.97 Å². The smallest absolute Gasteiger partial charge is 0.242 e. The van der Waals surface area contributed by atoms with Gasteiger partial charge in [-0.2, -0.15) is 4.98 Å². The Bertz CT molecular complexity index is 410. The molecule has 5 heteroatoms. The Hall–Kier alpha value is -1.52. The van der Waals surface area contributed by atoms with Crippen LogP contribution < -0.4 is 15.4 Å². The Morgan fingerprint density at radius 1 is 1.39 bits per heavy atom. The van der Waals surface area contributed by atoms with Crippen LogP contribution in [-0.2, 0) is 0 Å². The third-order valence-corrected chi connectivity index (χ3v) is 3.74. The lowest BCUT2D eigenvalue weighted by atomic mass is 9.89. The van der Waals surface area contributed by atoms with E-state index >= 15 is 0 Å². The number of rotatable bonds is 3. The largest absolute Gasteiger partial charge is 0.476 e. The van der Waals surface area contributed by atoms with E-state index in [0.717, 1.165) is 24.8 Å². The zero-order valence-electron chi connectivity index (χ0n) is 11.4. The number of anilines is 2. The Kier molecular flexibility index (Phi) is 3.89. The lowest BCUT2D eigenvalue weighted by molar-refractivity contribution is 0.319. The number of nitrogens with zero attached hydrogens (tertiary/aromatic N) is 3. The fourth-order valence-electron chi connectivity index (χ4n) is 2.33. The fourth-order valence-corrected chi connectivity index (χ4v) is 2.33. The lowest BCUT2D eigenvalue weighted by Gasteiger charge is -2.36. The third kappa shape index (κ3) is 2.49. The molecule has 1 aromatic rings. The summed E-state index contributed by atoms with van der Waals surface area (Å²) in [6.07, 6.45) is 2.70. The van der Waals surface area contributed by atoms with Crippen LogP contribution in [0.15, 0.2) is 6.33 Å². The van der Waals surface area contributed by atoms with Crippen LogP contribution in [0.25, 0.3) is 0 Å². The van der Waals surface area contributed by atoms with E-state index in [2.05, 4.69) is 28.7 Å². The highest BCUT2D eigenvalue weighted by Crippen LogP contribution is 2.32. The summed E-state index contributed by atoms with van der Waals surface area (Å²) < 4.78 is 5.41. The molecule has 0 amide bonds. The first-order valence-corrected chi connectivity index (χ1v) is 6.61. The summed E-state index contributed by atoms with van der Waals surface area (Å²) in [5.41, 5.74) is 6.65. The molecular weight excluding hydrogens is 228 g/mol. The molecule has 2 atom stereocenters. The van der Waals surface area contributed by atoms with Gasteiger partial charge < -0.3 is 15.4 Å². The number of nitrogen functional groups attached to an aromatic ring is 1. The average molecular weight is 250 g/mol. The normalized spacial score (nSPS) is 24.1. The maximum atomic E-state index is 6.09. The van der Waals surface area contributed by atoms with Gasteiger partial charge in [0.2, 0.25) is 5.88 Å². The Morgan fingerprint density at radius 2 is 2.17 bits per heavy atom. The van der Waals surface area contributed by atoms with Gasteiger partial charge in [-0.25, -0.2) is 4.98 Å². The highest BCUT2D eigenvalue weighted by atomic mass is 16.5. The SMILES string of the molecule is CCOc1ncnc(N2CCC(C)C(C)C2)c1N. The molecule has 2 unspecified atom stereocenters. The molecule has 2 heterocycles. The van der Waals surface area contributed by atoms with Gasteiger partial charge in [-0.3, -0.25) is 0 Å². The molecule has 0 aromatic carbocycles. The zero-order chi connectivity index (χ0) is 13.1. The van der Waals surface area contributed by atoms with Gasteiger partial charge >= 0.3 is 0 Å². The van der Waals surface area contributed by atoms with Crippen molar-refractivity contribution in [1.29, 1.82) is 0 Å². The van der Waals surface area contributed by atoms with Crippen molar-refractivity contribution in [2.24, 2.45) is 11.8 Å². The average Bonchev–Trinajstić information content (AvgIpc) is 2.36. The maximum absolute atomic E-state index is 6.09. The van der Waals surface area contributed by atoms with E-state index < -0.39 is 0 Å². The van der Waals surface area contributed by atoms with Gasteiger partial charge in [0, 0.05) is 13.1 Å². The highest BCUT2D eigenvalue weighted by Gasteiger charge is 2.25. The molecule has 1 saturated heterocycles. The second kappa shape index (κ2) is 5.42. The van der Waals surface area contributed by atoms with Gasteiger partial charge in [0.1, 0.15) is 12.0 Å². The first-order chi connectivity index (χ1) is 8.63. The molecular formula is C13H22N4O. The van der Waals surface area contributed by atoms with E-state index in [-0.39, 0.29) is 0 Å². The minimum absolute atomic E-state index is 0.494. The molecule has 0 spiro atoms. The molecule has 1 aliphatic rings. The van der Waals surface area contributed by atoms with Crippen molar-refractivity contribution in [2.75, 3.05) is 30.3 Å². The van der Waals surface area contributed by atoms with Crippen LogP contribution in [-0.4, -0.2) is 29.7 Å². The zero-order valence-corrected chi connectivity index (χ0v) is 11.4. The number of nitrogens with two attached hydrogens (primary N) is 1. The number of hydrogen-bond acceptors (Lipinski definition) is 5. The van der Waals surface area contributed by atoms with Gasteiger partial charge in [0.15, 0.2) is 5.82 Å². The van der Waals surface area contributed by atoms with E-state index in [1.54, 1.807) is 0 Å². The number of ether oxygens (including phenoxy) is 1. The van der Waals surface area contributed by atoms with Crippen molar-refractivity contribution in [3.8, 4) is 5.88 Å². The van der Waals surface area contributed by atoms with Crippen molar-refractivity contribution in [3.63, 3.8) is 0 Å². The van der Waals surface area contributed by atoms with Gasteiger partial charge in [0.25, 0.3) is 0 Å². The first kappa shape index (κ1) is 12.9. The van der Waals surface area contributed by atoms with Crippen LogP contribution >= 0.6 is 0 Å². The summed E-state index contributed by atoms with van der Waals surface area (Å²) in [6, 6.07) is 0. The van der Waals surface area contributed by atoms with Gasteiger partial charge in [0.05, 0.1) is 6.61 Å². The van der Waals surface area contributed by atoms with Crippen LogP contribution in [0.2, 0.25) is 0 Å². The molecule has 0 saturated carbocycles. The second-order valence-corrected chi connectivity index (χ2v) is 5.04. The quantitative estimate of drug-likeness (QED) is 0.888. The maximum Gasteiger partial charge on any atom is 0.242 e. The summed E-state index contributed by atoms with van der Waals surface area (Å²) in [4.78, 5) is 10.6.